The van der Waals surface area contributed by atoms with Gasteiger partial charge in [0.1, 0.15) is 0 Å². The Kier molecular flexibility index (Phi) is 2.63. The van der Waals surface area contributed by atoms with E-state index < -0.39 is 9.84 Å². The van der Waals surface area contributed by atoms with E-state index in [1.54, 1.807) is 0 Å². The summed E-state index contributed by atoms with van der Waals surface area (Å²) in [6, 6.07) is 4.16. The van der Waals surface area contributed by atoms with E-state index in [1.165, 1.54) is 11.4 Å². The Morgan fingerprint density at radius 1 is 1.33 bits per heavy atom. The Balaban J connectivity index is 2.11. The molecule has 3 nitrogen and oxygen atoms in total. The summed E-state index contributed by atoms with van der Waals surface area (Å²) in [5.41, 5.74) is 2.44. The van der Waals surface area contributed by atoms with Gasteiger partial charge in [0.25, 0.3) is 0 Å². The Morgan fingerprint density at radius 3 is 2.40 bits per heavy atom. The molecule has 1 unspecified atom stereocenters. The quantitative estimate of drug-likeness (QED) is 0.768. The summed E-state index contributed by atoms with van der Waals surface area (Å²) in [5, 5.41) is 0. The van der Waals surface area contributed by atoms with Gasteiger partial charge >= 0.3 is 0 Å². The zero-order valence-corrected chi connectivity index (χ0v) is 10.0. The van der Waals surface area contributed by atoms with Crippen molar-refractivity contribution in [1.29, 1.82) is 0 Å². The summed E-state index contributed by atoms with van der Waals surface area (Å²) >= 11 is 0. The van der Waals surface area contributed by atoms with Crippen LogP contribution in [0.4, 0.5) is 0 Å². The molecule has 0 amide bonds. The predicted octanol–water partition coefficient (Wildman–Crippen LogP) is 1.54. The third-order valence-electron chi connectivity index (χ3n) is 3.18. The molecule has 2 heterocycles. The lowest BCUT2D eigenvalue weighted by Gasteiger charge is -2.13. The van der Waals surface area contributed by atoms with Crippen molar-refractivity contribution in [1.82, 2.24) is 4.57 Å². The fraction of sp³-hybridized carbons (Fsp3) is 0.636. The lowest BCUT2D eigenvalue weighted by molar-refractivity contribution is 0.479. The maximum Gasteiger partial charge on any atom is 0.150 e. The first-order valence-electron chi connectivity index (χ1n) is 5.31. The average Bonchev–Trinajstić information content (AvgIpc) is 2.63. The summed E-state index contributed by atoms with van der Waals surface area (Å²) in [5.74, 6) is 1.04. The van der Waals surface area contributed by atoms with Gasteiger partial charge in [-0.2, -0.15) is 0 Å². The van der Waals surface area contributed by atoms with Crippen LogP contribution in [-0.2, 0) is 16.4 Å². The van der Waals surface area contributed by atoms with E-state index in [2.05, 4.69) is 30.5 Å². The van der Waals surface area contributed by atoms with Crippen molar-refractivity contribution in [3.63, 3.8) is 0 Å². The lowest BCUT2D eigenvalue weighted by Crippen LogP contribution is -2.14. The van der Waals surface area contributed by atoms with Gasteiger partial charge in [0.2, 0.25) is 0 Å². The predicted molar refractivity (Wildman–Crippen MR) is 60.7 cm³/mol. The van der Waals surface area contributed by atoms with E-state index in [4.69, 9.17) is 0 Å². The molecule has 0 aromatic carbocycles. The molecule has 0 N–H and O–H groups in total. The summed E-state index contributed by atoms with van der Waals surface area (Å²) in [6.07, 6.45) is 0.819. The second kappa shape index (κ2) is 3.67. The highest BCUT2D eigenvalue weighted by Crippen LogP contribution is 2.22. The Bertz CT molecular complexity index is 439. The lowest BCUT2D eigenvalue weighted by atomic mass is 10.1. The molecular formula is C11H17NO2S. The van der Waals surface area contributed by atoms with Gasteiger partial charge in [-0.15, -0.1) is 0 Å². The van der Waals surface area contributed by atoms with Crippen LogP contribution < -0.4 is 0 Å². The summed E-state index contributed by atoms with van der Waals surface area (Å²) < 4.78 is 24.9. The van der Waals surface area contributed by atoms with E-state index in [0.717, 1.165) is 13.0 Å². The molecule has 1 saturated heterocycles. The number of aromatic nitrogens is 1. The van der Waals surface area contributed by atoms with Crippen molar-refractivity contribution < 1.29 is 8.42 Å². The standard InChI is InChI=1S/C11H17NO2S/c1-9-3-4-10(2)12(9)7-11-5-6-15(13,14)8-11/h3-4,11H,5-8H2,1-2H3. The third kappa shape index (κ3) is 2.25. The largest absolute Gasteiger partial charge is 0.349 e. The molecule has 1 aromatic rings. The molecule has 15 heavy (non-hydrogen) atoms. The first kappa shape index (κ1) is 10.7. The van der Waals surface area contributed by atoms with Crippen LogP contribution in [0.5, 0.6) is 0 Å². The van der Waals surface area contributed by atoms with E-state index in [0.29, 0.717) is 17.4 Å². The van der Waals surface area contributed by atoms with Crippen LogP contribution in [0, 0.1) is 19.8 Å². The maximum absolute atomic E-state index is 11.3. The van der Waals surface area contributed by atoms with Crippen LogP contribution in [0.1, 0.15) is 17.8 Å². The zero-order valence-electron chi connectivity index (χ0n) is 9.23. The highest BCUT2D eigenvalue weighted by molar-refractivity contribution is 7.91. The average molecular weight is 227 g/mol. The Morgan fingerprint density at radius 2 is 1.93 bits per heavy atom. The Hall–Kier alpha value is -0.770. The highest BCUT2D eigenvalue weighted by atomic mass is 32.2. The van der Waals surface area contributed by atoms with Crippen LogP contribution in [-0.4, -0.2) is 24.5 Å². The fourth-order valence-electron chi connectivity index (χ4n) is 2.26. The van der Waals surface area contributed by atoms with Crippen LogP contribution in [0.3, 0.4) is 0 Å². The van der Waals surface area contributed by atoms with Gasteiger partial charge in [-0.25, -0.2) is 8.42 Å². The van der Waals surface area contributed by atoms with Gasteiger partial charge in [0.05, 0.1) is 11.5 Å². The number of hydrogen-bond acceptors (Lipinski definition) is 2. The molecule has 0 bridgehead atoms. The van der Waals surface area contributed by atoms with Gasteiger partial charge in [-0.3, -0.25) is 0 Å². The molecular weight excluding hydrogens is 210 g/mol. The number of rotatable bonds is 2. The minimum atomic E-state index is -2.74. The number of aryl methyl sites for hydroxylation is 2. The van der Waals surface area contributed by atoms with E-state index in [1.807, 2.05) is 0 Å². The fourth-order valence-corrected chi connectivity index (χ4v) is 4.11. The molecule has 0 spiro atoms. The smallest absolute Gasteiger partial charge is 0.150 e. The normalized spacial score (nSPS) is 24.5. The van der Waals surface area contributed by atoms with Crippen LogP contribution in [0.2, 0.25) is 0 Å². The van der Waals surface area contributed by atoms with Crippen molar-refractivity contribution in [3.8, 4) is 0 Å². The third-order valence-corrected chi connectivity index (χ3v) is 5.02. The molecule has 1 aliphatic heterocycles. The van der Waals surface area contributed by atoms with Gasteiger partial charge in [0.15, 0.2) is 9.84 Å². The molecule has 1 fully saturated rings. The molecule has 84 valence electrons. The number of hydrogen-bond donors (Lipinski definition) is 0. The zero-order chi connectivity index (χ0) is 11.1. The van der Waals surface area contributed by atoms with Gasteiger partial charge in [0, 0.05) is 17.9 Å². The topological polar surface area (TPSA) is 39.1 Å². The maximum atomic E-state index is 11.3. The second-order valence-electron chi connectivity index (χ2n) is 4.50. The Labute approximate surface area is 91.0 Å². The van der Waals surface area contributed by atoms with E-state index in [-0.39, 0.29) is 0 Å². The first-order chi connectivity index (χ1) is 6.98. The van der Waals surface area contributed by atoms with Crippen LogP contribution in [0.15, 0.2) is 12.1 Å². The van der Waals surface area contributed by atoms with Gasteiger partial charge in [-0.05, 0) is 38.3 Å². The van der Waals surface area contributed by atoms with Crippen molar-refractivity contribution in [2.24, 2.45) is 5.92 Å². The van der Waals surface area contributed by atoms with Gasteiger partial charge in [-0.1, -0.05) is 0 Å². The van der Waals surface area contributed by atoms with Crippen molar-refractivity contribution in [2.75, 3.05) is 11.5 Å². The van der Waals surface area contributed by atoms with E-state index >= 15 is 0 Å². The molecule has 1 aromatic heterocycles. The van der Waals surface area contributed by atoms with E-state index in [9.17, 15) is 8.42 Å². The second-order valence-corrected chi connectivity index (χ2v) is 6.72. The molecule has 1 aliphatic rings. The number of nitrogens with zero attached hydrogens (tertiary/aromatic N) is 1. The van der Waals surface area contributed by atoms with Crippen LogP contribution >= 0.6 is 0 Å². The van der Waals surface area contributed by atoms with Crippen LogP contribution in [0.25, 0.3) is 0 Å². The number of sulfone groups is 1. The minimum Gasteiger partial charge on any atom is -0.349 e. The SMILES string of the molecule is Cc1ccc(C)n1CC1CCS(=O)(=O)C1. The minimum absolute atomic E-state index is 0.305. The first-order valence-corrected chi connectivity index (χ1v) is 7.13. The molecule has 0 radical (unpaired) electrons. The highest BCUT2D eigenvalue weighted by Gasteiger charge is 2.28. The summed E-state index contributed by atoms with van der Waals surface area (Å²) in [6.45, 7) is 4.98. The van der Waals surface area contributed by atoms with Gasteiger partial charge < -0.3 is 4.57 Å². The molecule has 4 heteroatoms. The van der Waals surface area contributed by atoms with Crippen molar-refractivity contribution >= 4 is 9.84 Å². The molecule has 0 aliphatic carbocycles. The van der Waals surface area contributed by atoms with Crippen molar-refractivity contribution in [3.05, 3.63) is 23.5 Å². The summed E-state index contributed by atoms with van der Waals surface area (Å²) in [4.78, 5) is 0. The summed E-state index contributed by atoms with van der Waals surface area (Å²) in [7, 11) is -2.74. The molecule has 0 saturated carbocycles. The molecule has 2 rings (SSSR count). The molecule has 1 atom stereocenters. The van der Waals surface area contributed by atoms with Crippen molar-refractivity contribution in [2.45, 2.75) is 26.8 Å². The monoisotopic (exact) mass is 227 g/mol.